The number of ether oxygens (including phenoxy) is 1. The Morgan fingerprint density at radius 3 is 2.52 bits per heavy atom. The van der Waals surface area contributed by atoms with Crippen molar-refractivity contribution in [3.8, 4) is 6.07 Å². The first-order chi connectivity index (χ1) is 14.5. The molecule has 2 amide bonds. The normalized spacial score (nSPS) is 25.9. The van der Waals surface area contributed by atoms with Crippen molar-refractivity contribution in [1.82, 2.24) is 9.80 Å². The molecule has 3 atom stereocenters. The van der Waals surface area contributed by atoms with Crippen LogP contribution in [0.3, 0.4) is 0 Å². The third-order valence-corrected chi connectivity index (χ3v) is 5.66. The third kappa shape index (κ3) is 4.46. The number of hydrogen-bond acceptors (Lipinski definition) is 7. The summed E-state index contributed by atoms with van der Waals surface area (Å²) in [4.78, 5) is 39.5. The maximum absolute atomic E-state index is 13.5. The second kappa shape index (κ2) is 8.15. The largest absolute Gasteiger partial charge is 0.444 e. The first kappa shape index (κ1) is 22.5. The molecule has 1 aromatic carbocycles. The van der Waals surface area contributed by atoms with Crippen LogP contribution >= 0.6 is 0 Å². The highest BCUT2D eigenvalue weighted by Crippen LogP contribution is 2.39. The topological polar surface area (TPSA) is 143 Å². The van der Waals surface area contributed by atoms with E-state index in [0.717, 1.165) is 5.56 Å². The summed E-state index contributed by atoms with van der Waals surface area (Å²) in [5, 5.41) is 20.3. The molecule has 3 rings (SSSR count). The van der Waals surface area contributed by atoms with Gasteiger partial charge in [-0.3, -0.25) is 19.8 Å². The van der Waals surface area contributed by atoms with Crippen LogP contribution in [0.4, 0.5) is 10.5 Å². The summed E-state index contributed by atoms with van der Waals surface area (Å²) in [5.41, 5.74) is 4.82. The number of rotatable bonds is 3. The van der Waals surface area contributed by atoms with Crippen molar-refractivity contribution in [3.63, 3.8) is 0 Å². The van der Waals surface area contributed by atoms with E-state index in [1.807, 2.05) is 0 Å². The molecule has 2 saturated heterocycles. The molecule has 2 aliphatic heterocycles. The van der Waals surface area contributed by atoms with Crippen molar-refractivity contribution in [1.29, 1.82) is 5.26 Å². The van der Waals surface area contributed by atoms with Gasteiger partial charge >= 0.3 is 6.09 Å². The average Bonchev–Trinajstić information content (AvgIpc) is 3.31. The summed E-state index contributed by atoms with van der Waals surface area (Å²) in [7, 11) is 0. The number of carbonyl (C=O) groups excluding carboxylic acids is 2. The molecule has 10 heteroatoms. The molecule has 0 aliphatic carbocycles. The number of hydrogen-bond donors (Lipinski definition) is 1. The maximum atomic E-state index is 13.5. The second-order valence-electron chi connectivity index (χ2n) is 9.05. The van der Waals surface area contributed by atoms with Crippen molar-refractivity contribution in [3.05, 3.63) is 39.9 Å². The van der Waals surface area contributed by atoms with Crippen LogP contribution in [0.25, 0.3) is 0 Å². The molecule has 0 bridgehead atoms. The molecule has 31 heavy (non-hydrogen) atoms. The average molecular weight is 429 g/mol. The number of nitrogens with two attached hydrogens (primary N) is 1. The van der Waals surface area contributed by atoms with Crippen LogP contribution in [-0.4, -0.2) is 57.1 Å². The molecule has 0 radical (unpaired) electrons. The lowest BCUT2D eigenvalue weighted by atomic mass is 9.93. The molecular formula is C21H27N5O5. The van der Waals surface area contributed by atoms with E-state index in [-0.39, 0.29) is 24.6 Å². The van der Waals surface area contributed by atoms with E-state index in [1.54, 1.807) is 32.9 Å². The Labute approximate surface area is 180 Å². The van der Waals surface area contributed by atoms with Gasteiger partial charge in [0.25, 0.3) is 11.6 Å². The van der Waals surface area contributed by atoms with Crippen LogP contribution in [0, 0.1) is 21.4 Å². The van der Waals surface area contributed by atoms with Gasteiger partial charge in [-0.05, 0) is 39.2 Å². The van der Waals surface area contributed by atoms with Gasteiger partial charge in [-0.25, -0.2) is 4.79 Å². The quantitative estimate of drug-likeness (QED) is 0.574. The SMILES string of the molecule is CC(C)(C)OC(=O)N1C[C@H](c2ccc([N+](=O)[O-])cc2)C[C@@]1(N)C(=O)N1CCCC1C#N. The van der Waals surface area contributed by atoms with Crippen molar-refractivity contribution in [2.45, 2.75) is 63.3 Å². The van der Waals surface area contributed by atoms with Gasteiger partial charge in [0.05, 0.1) is 11.0 Å². The fourth-order valence-corrected chi connectivity index (χ4v) is 4.18. The van der Waals surface area contributed by atoms with Gasteiger partial charge in [-0.2, -0.15) is 5.26 Å². The molecule has 0 aromatic heterocycles. The highest BCUT2D eigenvalue weighted by Gasteiger charge is 2.54. The van der Waals surface area contributed by atoms with Crippen molar-refractivity contribution in [2.75, 3.05) is 13.1 Å². The maximum Gasteiger partial charge on any atom is 0.412 e. The molecule has 0 spiro atoms. The number of likely N-dealkylation sites (tertiary alicyclic amines) is 2. The fourth-order valence-electron chi connectivity index (χ4n) is 4.18. The summed E-state index contributed by atoms with van der Waals surface area (Å²) < 4.78 is 5.50. The van der Waals surface area contributed by atoms with Gasteiger partial charge in [-0.1, -0.05) is 12.1 Å². The molecule has 1 unspecified atom stereocenters. The number of nitro groups is 1. The molecule has 2 aliphatic rings. The second-order valence-corrected chi connectivity index (χ2v) is 9.05. The van der Waals surface area contributed by atoms with E-state index < -0.39 is 34.2 Å². The first-order valence-corrected chi connectivity index (χ1v) is 10.2. The van der Waals surface area contributed by atoms with Crippen molar-refractivity contribution in [2.24, 2.45) is 5.73 Å². The number of nitrogens with zero attached hydrogens (tertiary/aromatic N) is 4. The van der Waals surface area contributed by atoms with Gasteiger partial charge in [0, 0.05) is 37.6 Å². The lowest BCUT2D eigenvalue weighted by Crippen LogP contribution is -2.65. The van der Waals surface area contributed by atoms with Crippen LogP contribution in [-0.2, 0) is 9.53 Å². The zero-order valence-corrected chi connectivity index (χ0v) is 17.9. The Balaban J connectivity index is 1.93. The number of nitriles is 1. The minimum Gasteiger partial charge on any atom is -0.444 e. The molecule has 0 saturated carbocycles. The molecule has 2 fully saturated rings. The Hall–Kier alpha value is -3.19. The van der Waals surface area contributed by atoms with Crippen molar-refractivity contribution >= 4 is 17.7 Å². The van der Waals surface area contributed by atoms with Crippen LogP contribution < -0.4 is 5.73 Å². The standard InChI is InChI=1S/C21H27N5O5/c1-20(2,3)31-19(28)25-13-15(14-6-8-16(9-7-14)26(29)30)11-21(25,23)18(27)24-10-4-5-17(24)12-22/h6-9,15,17H,4-5,10-11,13,23H2,1-3H3/t15-,17?,21+/m1/s1. The third-order valence-electron chi connectivity index (χ3n) is 5.66. The fraction of sp³-hybridized carbons (Fsp3) is 0.571. The lowest BCUT2D eigenvalue weighted by Gasteiger charge is -2.37. The van der Waals surface area contributed by atoms with Gasteiger partial charge in [-0.15, -0.1) is 0 Å². The Bertz CT molecular complexity index is 920. The lowest BCUT2D eigenvalue weighted by molar-refractivity contribution is -0.384. The molecule has 1 aromatic rings. The van der Waals surface area contributed by atoms with E-state index in [0.29, 0.717) is 19.4 Å². The van der Waals surface area contributed by atoms with E-state index in [9.17, 15) is 25.0 Å². The van der Waals surface area contributed by atoms with Crippen LogP contribution in [0.1, 0.15) is 51.5 Å². The van der Waals surface area contributed by atoms with Crippen LogP contribution in [0.15, 0.2) is 24.3 Å². The van der Waals surface area contributed by atoms with Gasteiger partial charge < -0.3 is 15.4 Å². The van der Waals surface area contributed by atoms with E-state index in [2.05, 4.69) is 6.07 Å². The summed E-state index contributed by atoms with van der Waals surface area (Å²) in [6.07, 6.45) is 0.673. The Morgan fingerprint density at radius 1 is 1.32 bits per heavy atom. The summed E-state index contributed by atoms with van der Waals surface area (Å²) in [6.45, 7) is 5.70. The molecule has 10 nitrogen and oxygen atoms in total. The minimum atomic E-state index is -1.67. The number of benzene rings is 1. The van der Waals surface area contributed by atoms with Gasteiger partial charge in [0.1, 0.15) is 11.6 Å². The predicted molar refractivity (Wildman–Crippen MR) is 111 cm³/mol. The molecule has 2 heterocycles. The first-order valence-electron chi connectivity index (χ1n) is 10.2. The highest BCUT2D eigenvalue weighted by atomic mass is 16.6. The molecule has 166 valence electrons. The number of carbonyl (C=O) groups is 2. The zero-order valence-electron chi connectivity index (χ0n) is 17.9. The smallest absolute Gasteiger partial charge is 0.412 e. The van der Waals surface area contributed by atoms with Crippen LogP contribution in [0.5, 0.6) is 0 Å². The highest BCUT2D eigenvalue weighted by molar-refractivity contribution is 5.91. The monoisotopic (exact) mass is 429 g/mol. The number of non-ortho nitro benzene ring substituents is 1. The number of amides is 2. The van der Waals surface area contributed by atoms with Crippen LogP contribution in [0.2, 0.25) is 0 Å². The zero-order chi connectivity index (χ0) is 23.0. The summed E-state index contributed by atoms with van der Waals surface area (Å²) in [6, 6.07) is 7.55. The van der Waals surface area contributed by atoms with E-state index >= 15 is 0 Å². The van der Waals surface area contributed by atoms with Gasteiger partial charge in [0.15, 0.2) is 5.66 Å². The molecular weight excluding hydrogens is 402 g/mol. The Kier molecular flexibility index (Phi) is 5.91. The van der Waals surface area contributed by atoms with Gasteiger partial charge in [0.2, 0.25) is 0 Å². The van der Waals surface area contributed by atoms with E-state index in [4.69, 9.17) is 10.5 Å². The molecule has 2 N–H and O–H groups in total. The Morgan fingerprint density at radius 2 is 1.97 bits per heavy atom. The number of nitro benzene ring substituents is 1. The minimum absolute atomic E-state index is 0.0465. The van der Waals surface area contributed by atoms with Crippen molar-refractivity contribution < 1.29 is 19.2 Å². The van der Waals surface area contributed by atoms with E-state index in [1.165, 1.54) is 21.9 Å². The summed E-state index contributed by atoms with van der Waals surface area (Å²) >= 11 is 0. The summed E-state index contributed by atoms with van der Waals surface area (Å²) in [5.74, 6) is -0.794. The predicted octanol–water partition coefficient (Wildman–Crippen LogP) is 2.49.